The molecule has 0 N–H and O–H groups in total. The first-order chi connectivity index (χ1) is 4.31. The summed E-state index contributed by atoms with van der Waals surface area (Å²) >= 11 is 0. The molecule has 56 valence electrons. The second kappa shape index (κ2) is 1.39. The molecule has 0 aliphatic heterocycles. The average Bonchev–Trinajstić information content (AvgIpc) is 2.11. The molecule has 0 atom stereocenters. The van der Waals surface area contributed by atoms with E-state index in [-0.39, 0.29) is 16.2 Å². The third kappa shape index (κ3) is 0.417. The Morgan fingerprint density at radius 3 is 1.20 bits per heavy atom. The summed E-state index contributed by atoms with van der Waals surface area (Å²) < 4.78 is 0. The van der Waals surface area contributed by atoms with Gasteiger partial charge in [-0.25, -0.2) is 0 Å². The summed E-state index contributed by atoms with van der Waals surface area (Å²) in [5.41, 5.74) is 0.267. The summed E-state index contributed by atoms with van der Waals surface area (Å²) in [7, 11) is 0. The first-order valence-electron chi connectivity index (χ1n) is 3.72. The molecule has 1 aliphatic rings. The van der Waals surface area contributed by atoms with Crippen LogP contribution in [0.4, 0.5) is 0 Å². The number of nitriles is 1. The first kappa shape index (κ1) is 7.60. The molecule has 0 unspecified atom stereocenters. The fourth-order valence-corrected chi connectivity index (χ4v) is 1.87. The van der Waals surface area contributed by atoms with Crippen LogP contribution in [0.25, 0.3) is 0 Å². The van der Waals surface area contributed by atoms with Crippen molar-refractivity contribution < 1.29 is 0 Å². The Hall–Kier alpha value is -0.510. The van der Waals surface area contributed by atoms with E-state index in [2.05, 4.69) is 33.8 Å². The van der Waals surface area contributed by atoms with E-state index in [1.54, 1.807) is 0 Å². The van der Waals surface area contributed by atoms with Gasteiger partial charge in [0.25, 0.3) is 0 Å². The minimum Gasteiger partial charge on any atom is -0.198 e. The van der Waals surface area contributed by atoms with Gasteiger partial charge in [0.2, 0.25) is 0 Å². The summed E-state index contributed by atoms with van der Waals surface area (Å²) in [5.74, 6) is 0. The van der Waals surface area contributed by atoms with Gasteiger partial charge in [0, 0.05) is 0 Å². The third-order valence-corrected chi connectivity index (χ3v) is 4.22. The Labute approximate surface area is 63.0 Å². The monoisotopic (exact) mass is 137 g/mol. The third-order valence-electron chi connectivity index (χ3n) is 4.22. The van der Waals surface area contributed by atoms with Gasteiger partial charge < -0.3 is 0 Å². The van der Waals surface area contributed by atoms with Gasteiger partial charge in [-0.3, -0.25) is 0 Å². The number of nitrogens with zero attached hydrogens (tertiary/aromatic N) is 1. The van der Waals surface area contributed by atoms with Gasteiger partial charge >= 0.3 is 0 Å². The van der Waals surface area contributed by atoms with Crippen molar-refractivity contribution in [1.29, 1.82) is 5.26 Å². The maximum Gasteiger partial charge on any atom is 0.0698 e. The SMILES string of the molecule is CC1(C)C(C)(C)C1(C)C#N. The maximum absolute atomic E-state index is 8.89. The zero-order chi connectivity index (χ0) is 8.21. The van der Waals surface area contributed by atoms with Gasteiger partial charge in [0.05, 0.1) is 11.5 Å². The predicted octanol–water partition coefficient (Wildman–Crippen LogP) is 2.58. The highest BCUT2D eigenvalue weighted by molar-refractivity contribution is 5.30. The van der Waals surface area contributed by atoms with Crippen LogP contribution in [0.5, 0.6) is 0 Å². The molecule has 0 aromatic heterocycles. The second-order valence-electron chi connectivity index (χ2n) is 4.49. The Balaban J connectivity index is 3.04. The first-order valence-corrected chi connectivity index (χ1v) is 3.72. The predicted molar refractivity (Wildman–Crippen MR) is 41.3 cm³/mol. The van der Waals surface area contributed by atoms with Gasteiger partial charge in [-0.05, 0) is 17.8 Å². The van der Waals surface area contributed by atoms with Gasteiger partial charge in [-0.1, -0.05) is 27.7 Å². The van der Waals surface area contributed by atoms with Crippen LogP contribution in [0.1, 0.15) is 34.6 Å². The summed E-state index contributed by atoms with van der Waals surface area (Å²) in [4.78, 5) is 0. The van der Waals surface area contributed by atoms with Crippen molar-refractivity contribution in [2.45, 2.75) is 34.6 Å². The largest absolute Gasteiger partial charge is 0.198 e. The molecule has 1 nitrogen and oxygen atoms in total. The summed E-state index contributed by atoms with van der Waals surface area (Å²) in [6.45, 7) is 10.7. The molecule has 1 aliphatic carbocycles. The van der Waals surface area contributed by atoms with Gasteiger partial charge in [0.15, 0.2) is 0 Å². The molecular formula is C9H15N. The van der Waals surface area contributed by atoms with E-state index in [0.29, 0.717) is 0 Å². The molecule has 1 fully saturated rings. The maximum atomic E-state index is 8.89. The van der Waals surface area contributed by atoms with Crippen LogP contribution < -0.4 is 0 Å². The fourth-order valence-electron chi connectivity index (χ4n) is 1.87. The fraction of sp³-hybridized carbons (Fsp3) is 0.889. The van der Waals surface area contributed by atoms with Crippen molar-refractivity contribution in [3.05, 3.63) is 0 Å². The highest BCUT2D eigenvalue weighted by atomic mass is 14.8. The van der Waals surface area contributed by atoms with E-state index in [1.165, 1.54) is 0 Å². The van der Waals surface area contributed by atoms with Crippen molar-refractivity contribution in [2.75, 3.05) is 0 Å². The molecule has 0 bridgehead atoms. The van der Waals surface area contributed by atoms with Crippen molar-refractivity contribution >= 4 is 0 Å². The Bertz CT molecular complexity index is 191. The lowest BCUT2D eigenvalue weighted by Gasteiger charge is -2.02. The molecule has 0 aromatic rings. The van der Waals surface area contributed by atoms with Crippen molar-refractivity contribution in [1.82, 2.24) is 0 Å². The lowest BCUT2D eigenvalue weighted by Crippen LogP contribution is -1.99. The quantitative estimate of drug-likeness (QED) is 0.503. The smallest absolute Gasteiger partial charge is 0.0698 e. The number of rotatable bonds is 0. The highest BCUT2D eigenvalue weighted by Gasteiger charge is 2.75. The zero-order valence-electron chi connectivity index (χ0n) is 7.45. The number of hydrogen-bond donors (Lipinski definition) is 0. The molecule has 0 saturated heterocycles. The Morgan fingerprint density at radius 2 is 1.20 bits per heavy atom. The minimum absolute atomic E-state index is 0.111. The zero-order valence-corrected chi connectivity index (χ0v) is 7.45. The Kier molecular flexibility index (Phi) is 1.06. The Morgan fingerprint density at radius 1 is 0.900 bits per heavy atom. The van der Waals surface area contributed by atoms with E-state index in [0.717, 1.165) is 0 Å². The summed E-state index contributed by atoms with van der Waals surface area (Å²) in [5, 5.41) is 8.89. The highest BCUT2D eigenvalue weighted by Crippen LogP contribution is 2.77. The summed E-state index contributed by atoms with van der Waals surface area (Å²) in [6.07, 6.45) is 0. The second-order valence-corrected chi connectivity index (χ2v) is 4.49. The lowest BCUT2D eigenvalue weighted by molar-refractivity contribution is 0.457. The van der Waals surface area contributed by atoms with E-state index in [1.807, 2.05) is 6.92 Å². The molecule has 1 heteroatoms. The van der Waals surface area contributed by atoms with Crippen molar-refractivity contribution in [3.8, 4) is 6.07 Å². The van der Waals surface area contributed by atoms with Gasteiger partial charge in [-0.2, -0.15) is 5.26 Å². The summed E-state index contributed by atoms with van der Waals surface area (Å²) in [6, 6.07) is 2.40. The molecule has 0 radical (unpaired) electrons. The van der Waals surface area contributed by atoms with Crippen LogP contribution in [-0.2, 0) is 0 Å². The van der Waals surface area contributed by atoms with Crippen molar-refractivity contribution in [2.24, 2.45) is 16.2 Å². The standard InChI is InChI=1S/C9H15N/c1-7(2)8(3,4)9(7,5)6-10/h1-5H3. The molecule has 0 amide bonds. The molecule has 0 heterocycles. The van der Waals surface area contributed by atoms with Gasteiger partial charge in [0.1, 0.15) is 0 Å². The molecular weight excluding hydrogens is 122 g/mol. The molecule has 1 saturated carbocycles. The number of hydrogen-bond acceptors (Lipinski definition) is 1. The molecule has 0 spiro atoms. The van der Waals surface area contributed by atoms with Crippen molar-refractivity contribution in [3.63, 3.8) is 0 Å². The van der Waals surface area contributed by atoms with Gasteiger partial charge in [-0.15, -0.1) is 0 Å². The van der Waals surface area contributed by atoms with E-state index >= 15 is 0 Å². The topological polar surface area (TPSA) is 23.8 Å². The van der Waals surface area contributed by atoms with Crippen LogP contribution >= 0.6 is 0 Å². The van der Waals surface area contributed by atoms with Crippen LogP contribution in [0, 0.1) is 27.6 Å². The average molecular weight is 137 g/mol. The molecule has 0 aromatic carbocycles. The lowest BCUT2D eigenvalue weighted by atomic mass is 10.0. The van der Waals surface area contributed by atoms with Crippen LogP contribution in [-0.4, -0.2) is 0 Å². The molecule has 1 rings (SSSR count). The minimum atomic E-state index is -0.111. The van der Waals surface area contributed by atoms with E-state index < -0.39 is 0 Å². The van der Waals surface area contributed by atoms with Crippen LogP contribution in [0.2, 0.25) is 0 Å². The van der Waals surface area contributed by atoms with E-state index in [9.17, 15) is 0 Å². The van der Waals surface area contributed by atoms with Crippen LogP contribution in [0.15, 0.2) is 0 Å². The normalized spacial score (nSPS) is 30.8. The van der Waals surface area contributed by atoms with Crippen LogP contribution in [0.3, 0.4) is 0 Å². The molecule has 10 heavy (non-hydrogen) atoms. The van der Waals surface area contributed by atoms with E-state index in [4.69, 9.17) is 5.26 Å².